The lowest BCUT2D eigenvalue weighted by Crippen LogP contribution is -2.66. The molecule has 4 aliphatic heterocycles. The van der Waals surface area contributed by atoms with E-state index >= 15 is 0 Å². The average Bonchev–Trinajstić information content (AvgIpc) is 3.07. The Kier molecular flexibility index (Phi) is 3.41. The molecule has 4 saturated heterocycles. The summed E-state index contributed by atoms with van der Waals surface area (Å²) in [6, 6.07) is 0. The number of hydrogen-bond acceptors (Lipinski definition) is 9. The van der Waals surface area contributed by atoms with Crippen molar-refractivity contribution in [2.24, 2.45) is 0 Å². The summed E-state index contributed by atoms with van der Waals surface area (Å²) in [4.78, 5) is 0. The summed E-state index contributed by atoms with van der Waals surface area (Å²) < 4.78 is 28.2. The van der Waals surface area contributed by atoms with Crippen molar-refractivity contribution >= 4 is 0 Å². The van der Waals surface area contributed by atoms with Crippen LogP contribution in [0.1, 0.15) is 27.7 Å². The van der Waals surface area contributed by atoms with Crippen LogP contribution in [0.5, 0.6) is 0 Å². The summed E-state index contributed by atoms with van der Waals surface area (Å²) in [6.07, 6.45) is -1.65. The van der Waals surface area contributed by atoms with Gasteiger partial charge in [0.05, 0.1) is 13.2 Å². The monoisotopic (exact) mass is 362 g/mol. The molecular weight excluding hydrogens is 336 g/mol. The minimum absolute atomic E-state index is 0.0418. The largest absolute Gasteiger partial charge is 0.385 e. The van der Waals surface area contributed by atoms with Crippen molar-refractivity contribution in [1.29, 1.82) is 0 Å². The first-order chi connectivity index (χ1) is 11.3. The lowest BCUT2D eigenvalue weighted by atomic mass is 9.84. The van der Waals surface area contributed by atoms with Gasteiger partial charge in [-0.2, -0.15) is 0 Å². The maximum Gasteiger partial charge on any atom is 0.224 e. The zero-order valence-corrected chi connectivity index (χ0v) is 14.8. The molecule has 0 bridgehead atoms. The molecule has 25 heavy (non-hydrogen) atoms. The highest BCUT2D eigenvalue weighted by molar-refractivity contribution is 5.18. The van der Waals surface area contributed by atoms with Crippen LogP contribution in [0.3, 0.4) is 0 Å². The molecule has 9 nitrogen and oxygen atoms in total. The highest BCUT2D eigenvalue weighted by Crippen LogP contribution is 2.54. The second kappa shape index (κ2) is 4.73. The molecule has 0 amide bonds. The second-order valence-electron chi connectivity index (χ2n) is 8.56. The van der Waals surface area contributed by atoms with Gasteiger partial charge in [0, 0.05) is 0 Å². The Hall–Kier alpha value is -0.360. The molecule has 0 aliphatic carbocycles. The molecule has 4 fully saturated rings. The van der Waals surface area contributed by atoms with Crippen LogP contribution in [0.4, 0.5) is 0 Å². The first kappa shape index (κ1) is 18.0. The minimum atomic E-state index is -2.04. The molecule has 0 spiro atoms. The molecule has 4 aliphatic rings. The van der Waals surface area contributed by atoms with Crippen molar-refractivity contribution in [2.75, 3.05) is 26.4 Å². The Morgan fingerprint density at radius 3 is 1.40 bits per heavy atom. The van der Waals surface area contributed by atoms with Crippen molar-refractivity contribution < 1.29 is 44.1 Å². The normalized spacial score (nSPS) is 63.8. The molecule has 4 heterocycles. The van der Waals surface area contributed by atoms with Crippen LogP contribution in [-0.4, -0.2) is 93.0 Å². The van der Waals surface area contributed by atoms with Gasteiger partial charge in [-0.15, -0.1) is 0 Å². The van der Waals surface area contributed by atoms with Crippen molar-refractivity contribution in [3.63, 3.8) is 0 Å². The summed E-state index contributed by atoms with van der Waals surface area (Å²) in [5, 5.41) is 43.0. The SMILES string of the molecule is C[C@]12OC[C@@](C)(O)[C@H]1OC[C@]2(O)O[C@@]1(O)CO[C@H]2[C@]1(C)OC[C@@]2(C)O. The number of ether oxygens (including phenoxy) is 5. The van der Waals surface area contributed by atoms with E-state index in [4.69, 9.17) is 23.7 Å². The highest BCUT2D eigenvalue weighted by Gasteiger charge is 2.76. The molecule has 0 saturated carbocycles. The fourth-order valence-corrected chi connectivity index (χ4v) is 4.61. The molecule has 0 aromatic heterocycles. The van der Waals surface area contributed by atoms with Gasteiger partial charge in [-0.25, -0.2) is 0 Å². The van der Waals surface area contributed by atoms with Crippen molar-refractivity contribution in [2.45, 2.75) is 73.9 Å². The molecule has 9 heteroatoms. The van der Waals surface area contributed by atoms with E-state index in [9.17, 15) is 20.4 Å². The van der Waals surface area contributed by atoms with Crippen LogP contribution < -0.4 is 0 Å². The summed E-state index contributed by atoms with van der Waals surface area (Å²) in [6.45, 7) is 5.55. The molecule has 0 unspecified atom stereocenters. The minimum Gasteiger partial charge on any atom is -0.385 e. The number of fused-ring (bicyclic) bond motifs is 2. The van der Waals surface area contributed by atoms with Crippen molar-refractivity contribution in [1.82, 2.24) is 0 Å². The fraction of sp³-hybridized carbons (Fsp3) is 1.00. The highest BCUT2D eigenvalue weighted by atomic mass is 16.8. The van der Waals surface area contributed by atoms with E-state index in [0.717, 1.165) is 0 Å². The molecule has 0 aromatic carbocycles. The summed E-state index contributed by atoms with van der Waals surface area (Å²) in [7, 11) is 0. The van der Waals surface area contributed by atoms with Gasteiger partial charge < -0.3 is 44.1 Å². The Bertz CT molecular complexity index is 544. The molecule has 0 radical (unpaired) electrons. The van der Waals surface area contributed by atoms with Crippen LogP contribution in [0.2, 0.25) is 0 Å². The Morgan fingerprint density at radius 2 is 1.04 bits per heavy atom. The Morgan fingerprint density at radius 1 is 0.680 bits per heavy atom. The van der Waals surface area contributed by atoms with Crippen LogP contribution in [0, 0.1) is 0 Å². The van der Waals surface area contributed by atoms with Crippen molar-refractivity contribution in [3.05, 3.63) is 0 Å². The molecule has 144 valence electrons. The van der Waals surface area contributed by atoms with Gasteiger partial charge in [0.25, 0.3) is 0 Å². The predicted molar refractivity (Wildman–Crippen MR) is 80.4 cm³/mol. The lowest BCUT2D eigenvalue weighted by molar-refractivity contribution is -0.395. The first-order valence-corrected chi connectivity index (χ1v) is 8.41. The zero-order chi connectivity index (χ0) is 18.5. The van der Waals surface area contributed by atoms with Gasteiger partial charge in [-0.3, -0.25) is 0 Å². The van der Waals surface area contributed by atoms with E-state index in [-0.39, 0.29) is 26.4 Å². The van der Waals surface area contributed by atoms with E-state index in [0.29, 0.717) is 0 Å². The first-order valence-electron chi connectivity index (χ1n) is 8.41. The van der Waals surface area contributed by atoms with E-state index in [2.05, 4.69) is 0 Å². The second-order valence-corrected chi connectivity index (χ2v) is 8.56. The van der Waals surface area contributed by atoms with Crippen molar-refractivity contribution in [3.8, 4) is 0 Å². The van der Waals surface area contributed by atoms with Crippen LogP contribution in [0.25, 0.3) is 0 Å². The summed E-state index contributed by atoms with van der Waals surface area (Å²) in [5.41, 5.74) is -5.36. The van der Waals surface area contributed by atoms with Gasteiger partial charge in [0.1, 0.15) is 36.6 Å². The number of aliphatic hydroxyl groups is 4. The van der Waals surface area contributed by atoms with E-state index in [1.807, 2.05) is 0 Å². The maximum absolute atomic E-state index is 11.1. The number of hydrogen-bond donors (Lipinski definition) is 4. The van der Waals surface area contributed by atoms with Crippen LogP contribution in [-0.2, 0) is 23.7 Å². The average molecular weight is 362 g/mol. The molecular formula is C16H26O9. The molecule has 0 aromatic rings. The van der Waals surface area contributed by atoms with E-state index in [1.165, 1.54) is 0 Å². The number of rotatable bonds is 2. The van der Waals surface area contributed by atoms with Crippen LogP contribution >= 0.6 is 0 Å². The summed E-state index contributed by atoms with van der Waals surface area (Å²) in [5.74, 6) is -4.07. The Balaban J connectivity index is 1.65. The third-order valence-electron chi connectivity index (χ3n) is 6.24. The third-order valence-corrected chi connectivity index (χ3v) is 6.24. The fourth-order valence-electron chi connectivity index (χ4n) is 4.61. The van der Waals surface area contributed by atoms with Crippen LogP contribution in [0.15, 0.2) is 0 Å². The quantitative estimate of drug-likeness (QED) is 0.423. The lowest BCUT2D eigenvalue weighted by Gasteiger charge is -2.44. The van der Waals surface area contributed by atoms with Gasteiger partial charge in [-0.05, 0) is 27.7 Å². The predicted octanol–water partition coefficient (Wildman–Crippen LogP) is -1.74. The van der Waals surface area contributed by atoms with Gasteiger partial charge in [-0.1, -0.05) is 0 Å². The summed E-state index contributed by atoms with van der Waals surface area (Å²) >= 11 is 0. The molecule has 4 N–H and O–H groups in total. The molecule has 8 atom stereocenters. The Labute approximate surface area is 145 Å². The zero-order valence-electron chi connectivity index (χ0n) is 14.8. The maximum atomic E-state index is 11.1. The standard InChI is InChI=1S/C16H26O9/c1-11(17)5-23-13(3)9(11)21-7-15(13,19)25-16(20)8-22-10-12(2,18)6-24-14(10,16)4/h9-10,17-20H,5-8H2,1-4H3/t9-,10-,11-,12-,13+,14+,15+,16+/m1/s1. The topological polar surface area (TPSA) is 127 Å². The van der Waals surface area contributed by atoms with E-state index in [1.54, 1.807) is 27.7 Å². The third kappa shape index (κ3) is 2.04. The smallest absolute Gasteiger partial charge is 0.224 e. The van der Waals surface area contributed by atoms with Gasteiger partial charge in [0.15, 0.2) is 11.2 Å². The van der Waals surface area contributed by atoms with E-state index < -0.39 is 46.2 Å². The van der Waals surface area contributed by atoms with Gasteiger partial charge >= 0.3 is 0 Å². The van der Waals surface area contributed by atoms with Gasteiger partial charge in [0.2, 0.25) is 11.6 Å². The molecule has 4 rings (SSSR count).